The first-order valence-corrected chi connectivity index (χ1v) is 12.5. The number of halogens is 1. The van der Waals surface area contributed by atoms with E-state index in [1.807, 2.05) is 6.07 Å². The number of esters is 1. The van der Waals surface area contributed by atoms with E-state index in [0.717, 1.165) is 11.0 Å². The second-order valence-electron chi connectivity index (χ2n) is 11.2. The van der Waals surface area contributed by atoms with Crippen molar-refractivity contribution in [2.45, 2.75) is 64.9 Å². The minimum Gasteiger partial charge on any atom is -0.457 e. The molecule has 9 nitrogen and oxygen atoms in total. The van der Waals surface area contributed by atoms with Gasteiger partial charge in [0.1, 0.15) is 23.6 Å². The number of carbonyl (C=O) groups excluding carboxylic acids is 4. The van der Waals surface area contributed by atoms with E-state index in [1.165, 1.54) is 18.2 Å². The van der Waals surface area contributed by atoms with Gasteiger partial charge in [0.2, 0.25) is 0 Å². The quantitative estimate of drug-likeness (QED) is 0.390. The zero-order valence-corrected chi connectivity index (χ0v) is 22.7. The molecule has 2 heterocycles. The number of hydrogen-bond donors (Lipinski definition) is 0. The molecule has 2 aliphatic rings. The van der Waals surface area contributed by atoms with Crippen LogP contribution in [0.5, 0.6) is 0 Å². The number of imide groups is 1. The minimum atomic E-state index is -2.22. The average molecular weight is 539 g/mol. The van der Waals surface area contributed by atoms with Gasteiger partial charge in [-0.05, 0) is 53.2 Å². The number of amides is 3. The first-order valence-electron chi connectivity index (χ1n) is 12.5. The summed E-state index contributed by atoms with van der Waals surface area (Å²) in [6.07, 6.45) is -0.717. The molecule has 2 aromatic rings. The first kappa shape index (κ1) is 27.8. The molecular weight excluding hydrogens is 507 g/mol. The molecule has 4 rings (SSSR count). The number of hydrogen-bond acceptors (Lipinski definition) is 7. The van der Waals surface area contributed by atoms with Crippen molar-refractivity contribution >= 4 is 29.8 Å². The second-order valence-corrected chi connectivity index (χ2v) is 11.2. The van der Waals surface area contributed by atoms with Gasteiger partial charge in [0.25, 0.3) is 5.91 Å². The maximum atomic E-state index is 15.4. The predicted octanol–water partition coefficient (Wildman–Crippen LogP) is 5.22. The van der Waals surface area contributed by atoms with Crippen molar-refractivity contribution in [3.05, 3.63) is 77.1 Å². The molecule has 0 saturated carbocycles. The number of rotatable bonds is 3. The van der Waals surface area contributed by atoms with E-state index >= 15 is 4.39 Å². The van der Waals surface area contributed by atoms with Crippen molar-refractivity contribution < 1.29 is 37.8 Å². The van der Waals surface area contributed by atoms with Crippen LogP contribution in [0.15, 0.2) is 60.2 Å². The maximum Gasteiger partial charge on any atom is 0.421 e. The summed E-state index contributed by atoms with van der Waals surface area (Å²) in [5.74, 6) is -2.86. The Balaban J connectivity index is 1.85. The largest absolute Gasteiger partial charge is 0.457 e. The molecule has 0 aromatic heterocycles. The molecule has 2 aromatic carbocycles. The summed E-state index contributed by atoms with van der Waals surface area (Å²) in [5.41, 5.74) is -4.21. The molecule has 206 valence electrons. The molecular formula is C29H31FN2O7. The lowest BCUT2D eigenvalue weighted by Gasteiger charge is -2.36. The van der Waals surface area contributed by atoms with Crippen molar-refractivity contribution in [1.82, 2.24) is 4.90 Å². The Bertz CT molecular complexity index is 1360. The zero-order valence-electron chi connectivity index (χ0n) is 22.7. The highest BCUT2D eigenvalue weighted by atomic mass is 19.1. The van der Waals surface area contributed by atoms with Crippen molar-refractivity contribution in [1.29, 1.82) is 0 Å². The highest BCUT2D eigenvalue weighted by Crippen LogP contribution is 2.52. The van der Waals surface area contributed by atoms with Gasteiger partial charge in [0.05, 0.1) is 11.3 Å². The second kappa shape index (κ2) is 9.83. The van der Waals surface area contributed by atoms with Crippen LogP contribution in [0.3, 0.4) is 0 Å². The molecule has 0 saturated heterocycles. The van der Waals surface area contributed by atoms with Gasteiger partial charge in [-0.1, -0.05) is 48.5 Å². The summed E-state index contributed by atoms with van der Waals surface area (Å²) in [6.45, 7) is 9.39. The van der Waals surface area contributed by atoms with Gasteiger partial charge in [0.15, 0.2) is 5.54 Å². The van der Waals surface area contributed by atoms with E-state index in [2.05, 4.69) is 0 Å². The third kappa shape index (κ3) is 5.10. The molecule has 3 amide bonds. The normalized spacial score (nSPS) is 18.6. The highest BCUT2D eigenvalue weighted by molar-refractivity contribution is 6.25. The number of para-hydroxylation sites is 1. The monoisotopic (exact) mass is 538 g/mol. The summed E-state index contributed by atoms with van der Waals surface area (Å²) < 4.78 is 31.9. The Kier molecular flexibility index (Phi) is 7.01. The fourth-order valence-electron chi connectivity index (χ4n) is 4.59. The molecule has 1 unspecified atom stereocenters. The SMILES string of the molecule is CC(C)(C)OC(=O)N1C(=O)C2(C(C(=O)OCc3ccccc3)=CCN2C(=O)OC(C)(C)C)c2cccc(F)c21. The molecule has 0 radical (unpaired) electrons. The van der Waals surface area contributed by atoms with E-state index in [0.29, 0.717) is 10.5 Å². The average Bonchev–Trinajstić information content (AvgIpc) is 3.35. The fourth-order valence-corrected chi connectivity index (χ4v) is 4.59. The fraction of sp³-hybridized carbons (Fsp3) is 0.379. The molecule has 10 heteroatoms. The van der Waals surface area contributed by atoms with Gasteiger partial charge < -0.3 is 14.2 Å². The smallest absolute Gasteiger partial charge is 0.421 e. The zero-order chi connectivity index (χ0) is 28.8. The third-order valence-electron chi connectivity index (χ3n) is 6.01. The van der Waals surface area contributed by atoms with E-state index in [9.17, 15) is 19.2 Å². The Morgan fingerprint density at radius 2 is 1.51 bits per heavy atom. The van der Waals surface area contributed by atoms with Crippen LogP contribution in [-0.4, -0.2) is 46.7 Å². The lowest BCUT2D eigenvalue weighted by atomic mass is 9.84. The number of nitrogens with zero attached hydrogens (tertiary/aromatic N) is 2. The molecule has 1 spiro atoms. The molecule has 0 N–H and O–H groups in total. The third-order valence-corrected chi connectivity index (χ3v) is 6.01. The molecule has 2 aliphatic heterocycles. The van der Waals surface area contributed by atoms with Gasteiger partial charge in [-0.15, -0.1) is 0 Å². The number of fused-ring (bicyclic) bond motifs is 2. The molecule has 0 fully saturated rings. The van der Waals surface area contributed by atoms with E-state index in [4.69, 9.17) is 14.2 Å². The van der Waals surface area contributed by atoms with Crippen LogP contribution < -0.4 is 4.90 Å². The van der Waals surface area contributed by atoms with Gasteiger partial charge in [-0.2, -0.15) is 0 Å². The minimum absolute atomic E-state index is 0.0790. The van der Waals surface area contributed by atoms with Crippen molar-refractivity contribution in [2.75, 3.05) is 11.4 Å². The lowest BCUT2D eigenvalue weighted by Crippen LogP contribution is -2.57. The Hall–Kier alpha value is -4.21. The van der Waals surface area contributed by atoms with E-state index in [-0.39, 0.29) is 24.3 Å². The van der Waals surface area contributed by atoms with Gasteiger partial charge >= 0.3 is 18.2 Å². The van der Waals surface area contributed by atoms with Gasteiger partial charge in [0, 0.05) is 12.1 Å². The topological polar surface area (TPSA) is 102 Å². The van der Waals surface area contributed by atoms with Crippen molar-refractivity contribution in [3.63, 3.8) is 0 Å². The Morgan fingerprint density at radius 3 is 2.13 bits per heavy atom. The van der Waals surface area contributed by atoms with Crippen LogP contribution in [0, 0.1) is 5.82 Å². The maximum absolute atomic E-state index is 15.4. The summed E-state index contributed by atoms with van der Waals surface area (Å²) in [7, 11) is 0. The van der Waals surface area contributed by atoms with Crippen LogP contribution in [0.25, 0.3) is 0 Å². The predicted molar refractivity (Wildman–Crippen MR) is 139 cm³/mol. The van der Waals surface area contributed by atoms with Crippen LogP contribution >= 0.6 is 0 Å². The standard InChI is InChI=1S/C29H31FN2O7/c1-27(2,3)38-25(35)31-16-15-20(23(33)37-17-18-11-8-7-9-12-18)29(31)19-13-10-14-21(30)22(19)32(24(29)34)26(36)39-28(4,5)6/h7-15H,16-17H2,1-6H3. The van der Waals surface area contributed by atoms with Crippen LogP contribution in [0.4, 0.5) is 19.7 Å². The number of ether oxygens (including phenoxy) is 3. The van der Waals surface area contributed by atoms with Crippen LogP contribution in [-0.2, 0) is 35.9 Å². The summed E-state index contributed by atoms with van der Waals surface area (Å²) >= 11 is 0. The lowest BCUT2D eigenvalue weighted by molar-refractivity contribution is -0.143. The number of carbonyl (C=O) groups is 4. The van der Waals surface area contributed by atoms with Crippen LogP contribution in [0.2, 0.25) is 0 Å². The number of anilines is 1. The van der Waals surface area contributed by atoms with Gasteiger partial charge in [-0.25, -0.2) is 23.7 Å². The summed E-state index contributed by atoms with van der Waals surface area (Å²) in [4.78, 5) is 56.1. The molecule has 0 aliphatic carbocycles. The van der Waals surface area contributed by atoms with Crippen molar-refractivity contribution in [2.24, 2.45) is 0 Å². The Morgan fingerprint density at radius 1 is 0.897 bits per heavy atom. The van der Waals surface area contributed by atoms with E-state index in [1.54, 1.807) is 65.8 Å². The Labute approximate surface area is 226 Å². The molecule has 39 heavy (non-hydrogen) atoms. The molecule has 1 atom stereocenters. The first-order chi connectivity index (χ1) is 18.2. The number of benzene rings is 2. The summed E-state index contributed by atoms with van der Waals surface area (Å²) in [6, 6.07) is 12.7. The van der Waals surface area contributed by atoms with E-state index < -0.39 is 52.3 Å². The molecule has 0 bridgehead atoms. The summed E-state index contributed by atoms with van der Waals surface area (Å²) in [5, 5.41) is 0. The highest BCUT2D eigenvalue weighted by Gasteiger charge is 2.65. The van der Waals surface area contributed by atoms with Crippen LogP contribution in [0.1, 0.15) is 52.7 Å². The van der Waals surface area contributed by atoms with Crippen molar-refractivity contribution in [3.8, 4) is 0 Å². The van der Waals surface area contributed by atoms with Gasteiger partial charge in [-0.3, -0.25) is 9.69 Å².